The van der Waals surface area contributed by atoms with E-state index < -0.39 is 18.5 Å². The number of benzene rings is 2. The topological polar surface area (TPSA) is 105 Å². The summed E-state index contributed by atoms with van der Waals surface area (Å²) in [7, 11) is 0. The van der Waals surface area contributed by atoms with Crippen molar-refractivity contribution in [3.63, 3.8) is 0 Å². The Balaban J connectivity index is 1.50. The molecule has 0 unspecified atom stereocenters. The summed E-state index contributed by atoms with van der Waals surface area (Å²) in [6.45, 7) is 3.61. The van der Waals surface area contributed by atoms with Crippen LogP contribution in [-0.4, -0.2) is 43.4 Å². The maximum atomic E-state index is 12.5. The molecule has 0 radical (unpaired) electrons. The maximum absolute atomic E-state index is 12.5. The second-order valence-electron chi connectivity index (χ2n) is 7.31. The van der Waals surface area contributed by atoms with Crippen LogP contribution in [0, 0.1) is 13.8 Å². The van der Waals surface area contributed by atoms with Crippen LogP contribution >= 0.6 is 0 Å². The lowest BCUT2D eigenvalue weighted by Crippen LogP contribution is -2.35. The summed E-state index contributed by atoms with van der Waals surface area (Å²) in [5.41, 5.74) is 3.37. The van der Waals surface area contributed by atoms with Crippen molar-refractivity contribution in [3.8, 4) is 0 Å². The molecule has 31 heavy (non-hydrogen) atoms. The molecule has 8 heteroatoms. The van der Waals surface area contributed by atoms with Gasteiger partial charge < -0.3 is 20.3 Å². The second-order valence-corrected chi connectivity index (χ2v) is 7.31. The Morgan fingerprint density at radius 3 is 2.55 bits per heavy atom. The van der Waals surface area contributed by atoms with Crippen LogP contribution in [0.1, 0.15) is 34.3 Å². The van der Waals surface area contributed by atoms with E-state index in [9.17, 15) is 19.2 Å². The smallest absolute Gasteiger partial charge is 0.340 e. The molecule has 0 spiro atoms. The summed E-state index contributed by atoms with van der Waals surface area (Å²) in [6.07, 6.45) is 1.17. The lowest BCUT2D eigenvalue weighted by Gasteiger charge is -2.18. The quantitative estimate of drug-likeness (QED) is 0.665. The van der Waals surface area contributed by atoms with Crippen LogP contribution in [0.25, 0.3) is 0 Å². The van der Waals surface area contributed by atoms with E-state index in [1.54, 1.807) is 35.2 Å². The number of amides is 3. The van der Waals surface area contributed by atoms with Gasteiger partial charge in [-0.15, -0.1) is 0 Å². The van der Waals surface area contributed by atoms with Crippen molar-refractivity contribution in [2.24, 2.45) is 0 Å². The minimum absolute atomic E-state index is 0.0483. The van der Waals surface area contributed by atoms with Crippen molar-refractivity contribution in [2.45, 2.75) is 26.7 Å². The second kappa shape index (κ2) is 9.88. The Hall–Kier alpha value is -3.68. The zero-order valence-corrected chi connectivity index (χ0v) is 17.6. The fourth-order valence-electron chi connectivity index (χ4n) is 3.30. The van der Waals surface area contributed by atoms with Gasteiger partial charge in [0.1, 0.15) is 0 Å². The fraction of sp³-hybridized carbons (Fsp3) is 0.304. The molecular weight excluding hydrogens is 398 g/mol. The molecule has 1 heterocycles. The number of hydrogen-bond acceptors (Lipinski definition) is 5. The highest BCUT2D eigenvalue weighted by molar-refractivity contribution is 6.04. The molecule has 0 atom stereocenters. The molecule has 0 aromatic heterocycles. The summed E-state index contributed by atoms with van der Waals surface area (Å²) in [5, 5.41) is 5.17. The number of carbonyl (C=O) groups excluding carboxylic acids is 4. The summed E-state index contributed by atoms with van der Waals surface area (Å²) in [5.74, 6) is -1.73. The summed E-state index contributed by atoms with van der Waals surface area (Å²) in [6, 6.07) is 12.2. The van der Waals surface area contributed by atoms with Gasteiger partial charge in [0, 0.05) is 18.7 Å². The molecule has 8 nitrogen and oxygen atoms in total. The van der Waals surface area contributed by atoms with Crippen molar-refractivity contribution in [1.82, 2.24) is 5.32 Å². The number of anilines is 2. The normalized spacial score (nSPS) is 13.1. The Labute approximate surface area is 180 Å². The van der Waals surface area contributed by atoms with Gasteiger partial charge in [0.25, 0.3) is 5.91 Å². The van der Waals surface area contributed by atoms with E-state index >= 15 is 0 Å². The van der Waals surface area contributed by atoms with Gasteiger partial charge in [-0.3, -0.25) is 14.4 Å². The molecule has 162 valence electrons. The first-order valence-electron chi connectivity index (χ1n) is 10.1. The first-order chi connectivity index (χ1) is 14.9. The largest absolute Gasteiger partial charge is 0.452 e. The number of para-hydroxylation sites is 1. The SMILES string of the molecule is Cc1cccc(NC(=O)CNC(=O)COC(=O)c2ccccc2N2CCCC2=O)c1C. The number of aryl methyl sites for hydroxylation is 1. The van der Waals surface area contributed by atoms with Crippen molar-refractivity contribution >= 4 is 35.1 Å². The molecule has 1 fully saturated rings. The lowest BCUT2D eigenvalue weighted by molar-refractivity contribution is -0.126. The van der Waals surface area contributed by atoms with Crippen LogP contribution < -0.4 is 15.5 Å². The molecule has 3 rings (SSSR count). The summed E-state index contributed by atoms with van der Waals surface area (Å²) < 4.78 is 5.09. The molecule has 2 aromatic carbocycles. The Kier molecular flexibility index (Phi) is 7.02. The standard InChI is InChI=1S/C23H25N3O5/c1-15-7-5-9-18(16(15)2)25-20(27)13-24-21(28)14-31-23(30)17-8-3-4-10-19(17)26-12-6-11-22(26)29/h3-5,7-10H,6,11-14H2,1-2H3,(H,24,28)(H,25,27). The van der Waals surface area contributed by atoms with Crippen molar-refractivity contribution in [3.05, 3.63) is 59.2 Å². The van der Waals surface area contributed by atoms with Gasteiger partial charge in [0.2, 0.25) is 11.8 Å². The van der Waals surface area contributed by atoms with E-state index in [0.29, 0.717) is 24.3 Å². The lowest BCUT2D eigenvalue weighted by atomic mass is 10.1. The monoisotopic (exact) mass is 423 g/mol. The summed E-state index contributed by atoms with van der Waals surface area (Å²) >= 11 is 0. The predicted molar refractivity (Wildman–Crippen MR) is 116 cm³/mol. The van der Waals surface area contributed by atoms with E-state index in [0.717, 1.165) is 17.5 Å². The van der Waals surface area contributed by atoms with Crippen LogP contribution in [0.4, 0.5) is 11.4 Å². The Bertz CT molecular complexity index is 1020. The Morgan fingerprint density at radius 2 is 1.81 bits per heavy atom. The highest BCUT2D eigenvalue weighted by Crippen LogP contribution is 2.26. The van der Waals surface area contributed by atoms with Crippen molar-refractivity contribution < 1.29 is 23.9 Å². The maximum Gasteiger partial charge on any atom is 0.340 e. The first-order valence-corrected chi connectivity index (χ1v) is 10.1. The zero-order chi connectivity index (χ0) is 22.4. The molecule has 1 aliphatic rings. The third kappa shape index (κ3) is 5.48. The molecule has 0 bridgehead atoms. The molecule has 2 aromatic rings. The van der Waals surface area contributed by atoms with E-state index in [2.05, 4.69) is 10.6 Å². The van der Waals surface area contributed by atoms with Crippen LogP contribution in [0.3, 0.4) is 0 Å². The molecule has 1 saturated heterocycles. The number of ether oxygens (including phenoxy) is 1. The molecular formula is C23H25N3O5. The van der Waals surface area contributed by atoms with Crippen LogP contribution in [0.5, 0.6) is 0 Å². The van der Waals surface area contributed by atoms with E-state index in [1.165, 1.54) is 0 Å². The average Bonchev–Trinajstić information content (AvgIpc) is 3.19. The van der Waals surface area contributed by atoms with Gasteiger partial charge in [0.05, 0.1) is 17.8 Å². The predicted octanol–water partition coefficient (Wildman–Crippen LogP) is 2.34. The number of hydrogen-bond donors (Lipinski definition) is 2. The third-order valence-corrected chi connectivity index (χ3v) is 5.15. The molecule has 1 aliphatic heterocycles. The number of carbonyl (C=O) groups is 4. The van der Waals surface area contributed by atoms with Crippen LogP contribution in [-0.2, 0) is 19.1 Å². The minimum atomic E-state index is -0.703. The van der Waals surface area contributed by atoms with Gasteiger partial charge >= 0.3 is 5.97 Å². The Morgan fingerprint density at radius 1 is 1.03 bits per heavy atom. The molecule has 3 amide bonds. The number of nitrogens with zero attached hydrogens (tertiary/aromatic N) is 1. The molecule has 0 aliphatic carbocycles. The van der Waals surface area contributed by atoms with Crippen molar-refractivity contribution in [1.29, 1.82) is 0 Å². The highest BCUT2D eigenvalue weighted by Gasteiger charge is 2.26. The molecule has 0 saturated carbocycles. The van der Waals surface area contributed by atoms with Gasteiger partial charge in [-0.25, -0.2) is 4.79 Å². The number of rotatable bonds is 7. The zero-order valence-electron chi connectivity index (χ0n) is 17.6. The number of nitrogens with one attached hydrogen (secondary N) is 2. The van der Waals surface area contributed by atoms with Crippen LogP contribution in [0.15, 0.2) is 42.5 Å². The van der Waals surface area contributed by atoms with Crippen molar-refractivity contribution in [2.75, 3.05) is 29.9 Å². The number of esters is 1. The first kappa shape index (κ1) is 22.0. The summed E-state index contributed by atoms with van der Waals surface area (Å²) in [4.78, 5) is 50.1. The highest BCUT2D eigenvalue weighted by atomic mass is 16.5. The van der Waals surface area contributed by atoms with E-state index in [1.807, 2.05) is 26.0 Å². The average molecular weight is 423 g/mol. The molecule has 2 N–H and O–H groups in total. The third-order valence-electron chi connectivity index (χ3n) is 5.15. The van der Waals surface area contributed by atoms with E-state index in [4.69, 9.17) is 4.74 Å². The van der Waals surface area contributed by atoms with E-state index in [-0.39, 0.29) is 23.9 Å². The van der Waals surface area contributed by atoms with Gasteiger partial charge in [0.15, 0.2) is 6.61 Å². The van der Waals surface area contributed by atoms with Gasteiger partial charge in [-0.2, -0.15) is 0 Å². The van der Waals surface area contributed by atoms with Gasteiger partial charge in [-0.05, 0) is 49.6 Å². The van der Waals surface area contributed by atoms with Crippen LogP contribution in [0.2, 0.25) is 0 Å². The van der Waals surface area contributed by atoms with Gasteiger partial charge in [-0.1, -0.05) is 24.3 Å². The minimum Gasteiger partial charge on any atom is -0.452 e. The fourth-order valence-corrected chi connectivity index (χ4v) is 3.30.